The number of hydrogen-bond donors (Lipinski definition) is 0. The van der Waals surface area contributed by atoms with Crippen molar-refractivity contribution in [2.45, 2.75) is 10.1 Å². The summed E-state index contributed by atoms with van der Waals surface area (Å²) < 4.78 is 1.81. The average molecular weight is 329 g/mol. The van der Waals surface area contributed by atoms with E-state index in [1.807, 2.05) is 41.9 Å². The SMILES string of the molecule is Cn1c(C(=O)c2ccc(Cl)cc2)cnc1Sc1ccccc1. The smallest absolute Gasteiger partial charge is 0.211 e. The maximum Gasteiger partial charge on any atom is 0.211 e. The molecule has 0 fully saturated rings. The number of aromatic nitrogens is 2. The third kappa shape index (κ3) is 3.08. The lowest BCUT2D eigenvalue weighted by Crippen LogP contribution is -2.07. The Morgan fingerprint density at radius 3 is 2.45 bits per heavy atom. The highest BCUT2D eigenvalue weighted by atomic mass is 35.5. The molecular formula is C17H13ClN2OS. The zero-order valence-corrected chi connectivity index (χ0v) is 13.4. The molecule has 0 atom stereocenters. The van der Waals surface area contributed by atoms with Gasteiger partial charge < -0.3 is 4.57 Å². The van der Waals surface area contributed by atoms with Crippen molar-refractivity contribution >= 4 is 29.1 Å². The predicted molar refractivity (Wildman–Crippen MR) is 88.7 cm³/mol. The first-order chi connectivity index (χ1) is 10.6. The molecule has 0 N–H and O–H groups in total. The van der Waals surface area contributed by atoms with Crippen LogP contribution in [0.15, 0.2) is 70.8 Å². The van der Waals surface area contributed by atoms with Crippen LogP contribution in [-0.4, -0.2) is 15.3 Å². The molecule has 3 aromatic rings. The van der Waals surface area contributed by atoms with Gasteiger partial charge in [0.05, 0.1) is 6.20 Å². The van der Waals surface area contributed by atoms with E-state index in [0.717, 1.165) is 10.1 Å². The van der Waals surface area contributed by atoms with Crippen LogP contribution in [0.4, 0.5) is 0 Å². The van der Waals surface area contributed by atoms with Crippen molar-refractivity contribution in [3.8, 4) is 0 Å². The minimum Gasteiger partial charge on any atom is -0.319 e. The van der Waals surface area contributed by atoms with E-state index in [0.29, 0.717) is 16.3 Å². The van der Waals surface area contributed by atoms with Crippen molar-refractivity contribution in [1.29, 1.82) is 0 Å². The lowest BCUT2D eigenvalue weighted by molar-refractivity contribution is 0.103. The number of imidazole rings is 1. The molecule has 0 spiro atoms. The molecule has 0 saturated carbocycles. The molecule has 0 unspecified atom stereocenters. The van der Waals surface area contributed by atoms with E-state index >= 15 is 0 Å². The van der Waals surface area contributed by atoms with Crippen LogP contribution in [0.5, 0.6) is 0 Å². The van der Waals surface area contributed by atoms with Crippen LogP contribution in [0.1, 0.15) is 16.1 Å². The van der Waals surface area contributed by atoms with Crippen LogP contribution in [0.25, 0.3) is 0 Å². The molecule has 0 amide bonds. The predicted octanol–water partition coefficient (Wildman–Crippen LogP) is 4.46. The van der Waals surface area contributed by atoms with Gasteiger partial charge in [-0.15, -0.1) is 0 Å². The van der Waals surface area contributed by atoms with Crippen molar-refractivity contribution in [1.82, 2.24) is 9.55 Å². The van der Waals surface area contributed by atoms with Gasteiger partial charge in [-0.1, -0.05) is 41.6 Å². The molecule has 1 heterocycles. The first kappa shape index (κ1) is 14.9. The number of rotatable bonds is 4. The fourth-order valence-electron chi connectivity index (χ4n) is 2.04. The lowest BCUT2D eigenvalue weighted by Gasteiger charge is -2.05. The molecule has 2 aromatic carbocycles. The van der Waals surface area contributed by atoms with Gasteiger partial charge in [0, 0.05) is 22.5 Å². The first-order valence-electron chi connectivity index (χ1n) is 6.70. The zero-order chi connectivity index (χ0) is 15.5. The molecular weight excluding hydrogens is 316 g/mol. The summed E-state index contributed by atoms with van der Waals surface area (Å²) in [6.07, 6.45) is 1.61. The summed E-state index contributed by atoms with van der Waals surface area (Å²) >= 11 is 7.38. The molecule has 1 aromatic heterocycles. The molecule has 3 rings (SSSR count). The summed E-state index contributed by atoms with van der Waals surface area (Å²) in [5.41, 5.74) is 1.16. The fraction of sp³-hybridized carbons (Fsp3) is 0.0588. The summed E-state index contributed by atoms with van der Waals surface area (Å²) in [6, 6.07) is 16.8. The minimum atomic E-state index is -0.0634. The summed E-state index contributed by atoms with van der Waals surface area (Å²) in [5.74, 6) is -0.0634. The van der Waals surface area contributed by atoms with Gasteiger partial charge in [0.1, 0.15) is 5.69 Å². The van der Waals surface area contributed by atoms with Gasteiger partial charge in [-0.3, -0.25) is 4.79 Å². The second kappa shape index (κ2) is 6.38. The normalized spacial score (nSPS) is 10.6. The largest absolute Gasteiger partial charge is 0.319 e. The number of nitrogens with zero attached hydrogens (tertiary/aromatic N) is 2. The van der Waals surface area contributed by atoms with Crippen LogP contribution in [-0.2, 0) is 7.05 Å². The number of halogens is 1. The van der Waals surface area contributed by atoms with E-state index in [2.05, 4.69) is 4.98 Å². The van der Waals surface area contributed by atoms with Crippen LogP contribution >= 0.6 is 23.4 Å². The second-order valence-electron chi connectivity index (χ2n) is 4.74. The maximum absolute atomic E-state index is 12.5. The van der Waals surface area contributed by atoms with Crippen LogP contribution in [0.2, 0.25) is 5.02 Å². The molecule has 0 aliphatic rings. The van der Waals surface area contributed by atoms with Crippen LogP contribution in [0.3, 0.4) is 0 Å². The molecule has 0 radical (unpaired) electrons. The Bertz CT molecular complexity index is 797. The van der Waals surface area contributed by atoms with E-state index in [9.17, 15) is 4.79 Å². The van der Waals surface area contributed by atoms with Crippen molar-refractivity contribution < 1.29 is 4.79 Å². The summed E-state index contributed by atoms with van der Waals surface area (Å²) in [7, 11) is 1.85. The highest BCUT2D eigenvalue weighted by Crippen LogP contribution is 2.27. The molecule has 0 bridgehead atoms. The zero-order valence-electron chi connectivity index (χ0n) is 11.9. The van der Waals surface area contributed by atoms with Gasteiger partial charge in [0.15, 0.2) is 5.16 Å². The molecule has 22 heavy (non-hydrogen) atoms. The van der Waals surface area contributed by atoms with Gasteiger partial charge >= 0.3 is 0 Å². The molecule has 5 heteroatoms. The standard InChI is InChI=1S/C17H13ClN2OS/c1-20-15(16(21)12-7-9-13(18)10-8-12)11-19-17(20)22-14-5-3-2-4-6-14/h2-11H,1H3. The molecule has 0 aliphatic heterocycles. The number of ketones is 1. The number of hydrogen-bond acceptors (Lipinski definition) is 3. The first-order valence-corrected chi connectivity index (χ1v) is 7.89. The third-order valence-corrected chi connectivity index (χ3v) is 4.56. The Balaban J connectivity index is 1.87. The van der Waals surface area contributed by atoms with Gasteiger partial charge in [0.2, 0.25) is 5.78 Å². The van der Waals surface area contributed by atoms with E-state index < -0.39 is 0 Å². The molecule has 110 valence electrons. The van der Waals surface area contributed by atoms with Crippen molar-refractivity contribution in [2.24, 2.45) is 7.05 Å². The van der Waals surface area contributed by atoms with Gasteiger partial charge in [0.25, 0.3) is 0 Å². The van der Waals surface area contributed by atoms with E-state index in [-0.39, 0.29) is 5.78 Å². The van der Waals surface area contributed by atoms with E-state index in [1.165, 1.54) is 11.8 Å². The Morgan fingerprint density at radius 2 is 1.77 bits per heavy atom. The van der Waals surface area contributed by atoms with Crippen molar-refractivity contribution in [3.63, 3.8) is 0 Å². The fourth-order valence-corrected chi connectivity index (χ4v) is 3.01. The molecule has 0 aliphatic carbocycles. The maximum atomic E-state index is 12.5. The monoisotopic (exact) mass is 328 g/mol. The van der Waals surface area contributed by atoms with Crippen molar-refractivity contribution in [3.05, 3.63) is 77.1 Å². The lowest BCUT2D eigenvalue weighted by atomic mass is 10.1. The van der Waals surface area contributed by atoms with E-state index in [4.69, 9.17) is 11.6 Å². The average Bonchev–Trinajstić information content (AvgIpc) is 2.89. The summed E-state index contributed by atoms with van der Waals surface area (Å²) in [6.45, 7) is 0. The Kier molecular flexibility index (Phi) is 4.32. The van der Waals surface area contributed by atoms with Gasteiger partial charge in [-0.25, -0.2) is 4.98 Å². The minimum absolute atomic E-state index is 0.0634. The topological polar surface area (TPSA) is 34.9 Å². The van der Waals surface area contributed by atoms with Gasteiger partial charge in [-0.2, -0.15) is 0 Å². The number of carbonyl (C=O) groups is 1. The number of benzene rings is 2. The number of carbonyl (C=O) groups excluding carboxylic acids is 1. The Morgan fingerprint density at radius 1 is 1.09 bits per heavy atom. The quantitative estimate of drug-likeness (QED) is 0.663. The van der Waals surface area contributed by atoms with E-state index in [1.54, 1.807) is 30.5 Å². The Labute approximate surface area is 138 Å². The van der Waals surface area contributed by atoms with Gasteiger partial charge in [-0.05, 0) is 36.4 Å². The molecule has 3 nitrogen and oxygen atoms in total. The third-order valence-electron chi connectivity index (χ3n) is 3.24. The van der Waals surface area contributed by atoms with Crippen molar-refractivity contribution in [2.75, 3.05) is 0 Å². The Hall–Kier alpha value is -2.04. The van der Waals surface area contributed by atoms with Crippen LogP contribution in [0, 0.1) is 0 Å². The van der Waals surface area contributed by atoms with Crippen LogP contribution < -0.4 is 0 Å². The summed E-state index contributed by atoms with van der Waals surface area (Å²) in [5, 5.41) is 1.39. The molecule has 0 saturated heterocycles. The highest BCUT2D eigenvalue weighted by Gasteiger charge is 2.16. The second-order valence-corrected chi connectivity index (χ2v) is 6.21. The highest BCUT2D eigenvalue weighted by molar-refractivity contribution is 7.99. The summed E-state index contributed by atoms with van der Waals surface area (Å²) in [4.78, 5) is 18.0.